The van der Waals surface area contributed by atoms with Gasteiger partial charge in [0, 0.05) is 0 Å². The third-order valence-electron chi connectivity index (χ3n) is 1.60. The van der Waals surface area contributed by atoms with Crippen LogP contribution in [0.15, 0.2) is 5.16 Å². The van der Waals surface area contributed by atoms with Crippen molar-refractivity contribution in [2.75, 3.05) is 13.7 Å². The fraction of sp³-hybridized carbons (Fsp3) is 0.857. The minimum atomic E-state index is -1.65. The molecule has 0 heterocycles. The van der Waals surface area contributed by atoms with Crippen LogP contribution in [-0.4, -0.2) is 69.9 Å². The zero-order valence-electron chi connectivity index (χ0n) is 7.69. The molecular weight excluding hydrogens is 194 g/mol. The molecule has 0 rings (SSSR count). The van der Waals surface area contributed by atoms with Gasteiger partial charge in [-0.25, -0.2) is 0 Å². The molecule has 4 atom stereocenters. The van der Waals surface area contributed by atoms with Crippen molar-refractivity contribution in [1.29, 1.82) is 0 Å². The van der Waals surface area contributed by atoms with E-state index in [9.17, 15) is 5.11 Å². The van der Waals surface area contributed by atoms with Crippen LogP contribution >= 0.6 is 0 Å². The number of oxime groups is 1. The second-order valence-electron chi connectivity index (χ2n) is 2.66. The fourth-order valence-corrected chi connectivity index (χ4v) is 0.749. The third kappa shape index (κ3) is 3.99. The number of hydrogen-bond donors (Lipinski definition) is 5. The summed E-state index contributed by atoms with van der Waals surface area (Å²) >= 11 is 0. The Balaban J connectivity index is 4.15. The van der Waals surface area contributed by atoms with Crippen LogP contribution in [0.1, 0.15) is 0 Å². The largest absolute Gasteiger partial charge is 0.399 e. The average molecular weight is 209 g/mol. The Bertz CT molecular complexity index is 176. The van der Waals surface area contributed by atoms with E-state index in [-0.39, 0.29) is 0 Å². The van der Waals surface area contributed by atoms with Gasteiger partial charge < -0.3 is 30.4 Å². The van der Waals surface area contributed by atoms with E-state index in [1.54, 1.807) is 0 Å². The summed E-state index contributed by atoms with van der Waals surface area (Å²) in [5.74, 6) is 0. The topological polar surface area (TPSA) is 123 Å². The molecule has 0 bridgehead atoms. The van der Waals surface area contributed by atoms with E-state index in [0.29, 0.717) is 0 Å². The molecule has 0 aliphatic carbocycles. The molecule has 84 valence electrons. The van der Waals surface area contributed by atoms with Crippen molar-refractivity contribution in [3.63, 3.8) is 0 Å². The SMILES string of the molecule is CO/N=C/C(O)[C@H](O)[C@H](O)C(O)CO. The van der Waals surface area contributed by atoms with Gasteiger partial charge in [0.2, 0.25) is 0 Å². The van der Waals surface area contributed by atoms with E-state index in [0.717, 1.165) is 6.21 Å². The standard InChI is InChI=1S/C7H15NO6/c1-14-8-2-4(10)6(12)7(13)5(11)3-9/h2,4-7,9-13H,3H2,1H3/b8-2+/t4?,5?,6-,7+/m0/s1. The van der Waals surface area contributed by atoms with Crippen molar-refractivity contribution in [1.82, 2.24) is 0 Å². The van der Waals surface area contributed by atoms with Crippen molar-refractivity contribution in [2.45, 2.75) is 24.4 Å². The summed E-state index contributed by atoms with van der Waals surface area (Å²) in [6.45, 7) is -0.716. The number of rotatable bonds is 6. The summed E-state index contributed by atoms with van der Waals surface area (Å²) < 4.78 is 0. The van der Waals surface area contributed by atoms with Gasteiger partial charge in [-0.05, 0) is 0 Å². The van der Waals surface area contributed by atoms with Crippen LogP contribution in [-0.2, 0) is 4.84 Å². The molecule has 0 aliphatic heterocycles. The van der Waals surface area contributed by atoms with Crippen molar-refractivity contribution in [2.24, 2.45) is 5.16 Å². The lowest BCUT2D eigenvalue weighted by Crippen LogP contribution is -2.46. The zero-order valence-corrected chi connectivity index (χ0v) is 7.69. The van der Waals surface area contributed by atoms with Crippen LogP contribution in [0.25, 0.3) is 0 Å². The van der Waals surface area contributed by atoms with Crippen LogP contribution in [0.5, 0.6) is 0 Å². The van der Waals surface area contributed by atoms with Crippen molar-refractivity contribution in [3.8, 4) is 0 Å². The molecule has 7 nitrogen and oxygen atoms in total. The lowest BCUT2D eigenvalue weighted by Gasteiger charge is -2.23. The first kappa shape index (κ1) is 13.3. The molecule has 0 aromatic rings. The summed E-state index contributed by atoms with van der Waals surface area (Å²) in [5, 5.41) is 48.0. The summed E-state index contributed by atoms with van der Waals surface area (Å²) in [4.78, 5) is 4.23. The Kier molecular flexibility index (Phi) is 6.34. The third-order valence-corrected chi connectivity index (χ3v) is 1.60. The van der Waals surface area contributed by atoms with E-state index >= 15 is 0 Å². The highest BCUT2D eigenvalue weighted by molar-refractivity contribution is 5.62. The van der Waals surface area contributed by atoms with Crippen molar-refractivity contribution >= 4 is 6.21 Å². The monoisotopic (exact) mass is 209 g/mol. The lowest BCUT2D eigenvalue weighted by molar-refractivity contribution is -0.100. The Hall–Kier alpha value is -0.730. The van der Waals surface area contributed by atoms with Crippen LogP contribution in [0.3, 0.4) is 0 Å². The maximum absolute atomic E-state index is 9.20. The molecule has 0 aliphatic rings. The Labute approximate surface area is 80.9 Å². The maximum Gasteiger partial charge on any atom is 0.121 e. The smallest absolute Gasteiger partial charge is 0.121 e. The van der Waals surface area contributed by atoms with Gasteiger partial charge in [-0.1, -0.05) is 5.16 Å². The summed E-state index contributed by atoms with van der Waals surface area (Å²) in [5.41, 5.74) is 0. The molecular formula is C7H15NO6. The van der Waals surface area contributed by atoms with E-state index < -0.39 is 31.0 Å². The molecule has 0 radical (unpaired) electrons. The van der Waals surface area contributed by atoms with Gasteiger partial charge in [0.1, 0.15) is 31.5 Å². The zero-order chi connectivity index (χ0) is 11.1. The number of aliphatic hydroxyl groups is 5. The number of hydrogen-bond acceptors (Lipinski definition) is 7. The highest BCUT2D eigenvalue weighted by Crippen LogP contribution is 2.03. The Morgan fingerprint density at radius 2 is 1.79 bits per heavy atom. The molecule has 0 fully saturated rings. The predicted octanol–water partition coefficient (Wildman–Crippen LogP) is -2.95. The van der Waals surface area contributed by atoms with Gasteiger partial charge in [0.05, 0.1) is 12.8 Å². The molecule has 7 heteroatoms. The van der Waals surface area contributed by atoms with E-state index in [1.807, 2.05) is 0 Å². The quantitative estimate of drug-likeness (QED) is 0.235. The van der Waals surface area contributed by atoms with Gasteiger partial charge in [-0.15, -0.1) is 0 Å². The van der Waals surface area contributed by atoms with Crippen LogP contribution in [0.2, 0.25) is 0 Å². The highest BCUT2D eigenvalue weighted by atomic mass is 16.6. The molecule has 2 unspecified atom stereocenters. The fourth-order valence-electron chi connectivity index (χ4n) is 0.749. The summed E-state index contributed by atoms with van der Waals surface area (Å²) in [6.07, 6.45) is -5.44. The maximum atomic E-state index is 9.20. The molecule has 0 saturated carbocycles. The van der Waals surface area contributed by atoms with Crippen molar-refractivity contribution < 1.29 is 30.4 Å². The first-order valence-corrected chi connectivity index (χ1v) is 3.94. The normalized spacial score (nSPS) is 20.4. The van der Waals surface area contributed by atoms with Crippen LogP contribution < -0.4 is 0 Å². The minimum Gasteiger partial charge on any atom is -0.399 e. The number of aliphatic hydroxyl groups excluding tert-OH is 5. The molecule has 0 saturated heterocycles. The first-order chi connectivity index (χ1) is 6.54. The van der Waals surface area contributed by atoms with Gasteiger partial charge in [-0.2, -0.15) is 0 Å². The second-order valence-corrected chi connectivity index (χ2v) is 2.66. The molecule has 0 spiro atoms. The molecule has 14 heavy (non-hydrogen) atoms. The highest BCUT2D eigenvalue weighted by Gasteiger charge is 2.29. The van der Waals surface area contributed by atoms with Crippen LogP contribution in [0, 0.1) is 0 Å². The molecule has 0 amide bonds. The predicted molar refractivity (Wildman–Crippen MR) is 46.6 cm³/mol. The molecule has 0 aromatic carbocycles. The van der Waals surface area contributed by atoms with Gasteiger partial charge in [-0.3, -0.25) is 0 Å². The summed E-state index contributed by atoms with van der Waals surface area (Å²) in [7, 11) is 1.24. The van der Waals surface area contributed by atoms with Crippen LogP contribution in [0.4, 0.5) is 0 Å². The number of nitrogens with zero attached hydrogens (tertiary/aromatic N) is 1. The summed E-state index contributed by atoms with van der Waals surface area (Å²) in [6, 6.07) is 0. The van der Waals surface area contributed by atoms with Gasteiger partial charge in [0.25, 0.3) is 0 Å². The average Bonchev–Trinajstić information content (AvgIpc) is 2.22. The Morgan fingerprint density at radius 1 is 1.21 bits per heavy atom. The van der Waals surface area contributed by atoms with Crippen molar-refractivity contribution in [3.05, 3.63) is 0 Å². The molecule has 5 N–H and O–H groups in total. The lowest BCUT2D eigenvalue weighted by atomic mass is 10.0. The van der Waals surface area contributed by atoms with E-state index in [1.165, 1.54) is 7.11 Å². The van der Waals surface area contributed by atoms with E-state index in [4.69, 9.17) is 20.4 Å². The second kappa shape index (κ2) is 6.68. The van der Waals surface area contributed by atoms with Gasteiger partial charge in [0.15, 0.2) is 0 Å². The first-order valence-electron chi connectivity index (χ1n) is 3.94. The Morgan fingerprint density at radius 3 is 2.21 bits per heavy atom. The van der Waals surface area contributed by atoms with E-state index in [2.05, 4.69) is 9.99 Å². The van der Waals surface area contributed by atoms with Gasteiger partial charge >= 0.3 is 0 Å². The minimum absolute atomic E-state index is 0.716. The molecule has 0 aromatic heterocycles.